The number of nitrogens with one attached hydrogen (secondary N) is 2. The minimum absolute atomic E-state index is 0.0563. The highest BCUT2D eigenvalue weighted by Crippen LogP contribution is 2.14. The number of hydrogen-bond donors (Lipinski definition) is 2. The monoisotopic (exact) mass is 327 g/mol. The molecule has 24 heavy (non-hydrogen) atoms. The smallest absolute Gasteiger partial charge is 0.227 e. The van der Waals surface area contributed by atoms with E-state index in [1.807, 2.05) is 68.7 Å². The number of hydrogen-bond acceptors (Lipinski definition) is 4. The number of anilines is 2. The first-order valence-electron chi connectivity index (χ1n) is 8.10. The second kappa shape index (κ2) is 9.57. The van der Waals surface area contributed by atoms with E-state index < -0.39 is 0 Å². The number of para-hydroxylation sites is 1. The summed E-state index contributed by atoms with van der Waals surface area (Å²) in [5, 5.41) is 6.21. The van der Waals surface area contributed by atoms with Gasteiger partial charge in [0.1, 0.15) is 5.75 Å². The number of nitrogens with zero attached hydrogens (tertiary/aromatic N) is 1. The first-order valence-corrected chi connectivity index (χ1v) is 8.10. The van der Waals surface area contributed by atoms with Gasteiger partial charge < -0.3 is 20.3 Å². The Kier molecular flexibility index (Phi) is 7.11. The minimum Gasteiger partial charge on any atom is -0.493 e. The topological polar surface area (TPSA) is 53.6 Å². The van der Waals surface area contributed by atoms with Gasteiger partial charge in [-0.1, -0.05) is 18.2 Å². The molecule has 0 saturated carbocycles. The third-order valence-electron chi connectivity index (χ3n) is 3.40. The molecule has 0 radical (unpaired) electrons. The molecule has 0 aromatic heterocycles. The number of carbonyl (C=O) groups is 1. The second-order valence-corrected chi connectivity index (χ2v) is 5.77. The van der Waals surface area contributed by atoms with Crippen LogP contribution in [0.3, 0.4) is 0 Å². The number of likely N-dealkylation sites (N-methyl/N-ethyl adjacent to an activating group) is 1. The first kappa shape index (κ1) is 17.8. The van der Waals surface area contributed by atoms with Crippen LogP contribution in [-0.4, -0.2) is 44.6 Å². The van der Waals surface area contributed by atoms with Crippen molar-refractivity contribution in [1.29, 1.82) is 0 Å². The predicted octanol–water partition coefficient (Wildman–Crippen LogP) is 3.07. The molecule has 0 atom stereocenters. The lowest BCUT2D eigenvalue weighted by molar-refractivity contribution is -0.116. The van der Waals surface area contributed by atoms with Crippen molar-refractivity contribution in [2.45, 2.75) is 6.42 Å². The van der Waals surface area contributed by atoms with Gasteiger partial charge in [0.2, 0.25) is 5.91 Å². The van der Waals surface area contributed by atoms with Crippen molar-refractivity contribution in [3.8, 4) is 5.75 Å². The van der Waals surface area contributed by atoms with Gasteiger partial charge in [0.25, 0.3) is 0 Å². The van der Waals surface area contributed by atoms with Crippen molar-refractivity contribution in [2.75, 3.05) is 44.4 Å². The molecule has 0 saturated heterocycles. The maximum atomic E-state index is 11.9. The largest absolute Gasteiger partial charge is 0.493 e. The lowest BCUT2D eigenvalue weighted by Gasteiger charge is -2.12. The fraction of sp³-hybridized carbons (Fsp3) is 0.316. The van der Waals surface area contributed by atoms with Gasteiger partial charge in [-0.3, -0.25) is 4.79 Å². The number of benzene rings is 2. The van der Waals surface area contributed by atoms with Crippen molar-refractivity contribution < 1.29 is 9.53 Å². The molecule has 0 aliphatic rings. The van der Waals surface area contributed by atoms with E-state index in [2.05, 4.69) is 15.5 Å². The quantitative estimate of drug-likeness (QED) is 0.743. The number of ether oxygens (including phenoxy) is 1. The average molecular weight is 327 g/mol. The van der Waals surface area contributed by atoms with Crippen LogP contribution in [0.25, 0.3) is 0 Å². The van der Waals surface area contributed by atoms with E-state index in [9.17, 15) is 4.79 Å². The number of rotatable bonds is 9. The molecule has 0 aliphatic heterocycles. The Morgan fingerprint density at radius 3 is 2.33 bits per heavy atom. The van der Waals surface area contributed by atoms with Crippen LogP contribution in [0.4, 0.5) is 11.4 Å². The molecule has 5 nitrogen and oxygen atoms in total. The van der Waals surface area contributed by atoms with Crippen LogP contribution in [0.5, 0.6) is 5.75 Å². The highest BCUT2D eigenvalue weighted by atomic mass is 16.5. The fourth-order valence-corrected chi connectivity index (χ4v) is 2.10. The van der Waals surface area contributed by atoms with Crippen LogP contribution in [-0.2, 0) is 4.79 Å². The summed E-state index contributed by atoms with van der Waals surface area (Å²) in [4.78, 5) is 14.0. The van der Waals surface area contributed by atoms with Crippen LogP contribution in [0.1, 0.15) is 6.42 Å². The normalized spacial score (nSPS) is 10.5. The molecule has 0 heterocycles. The lowest BCUT2D eigenvalue weighted by atomic mass is 10.2. The summed E-state index contributed by atoms with van der Waals surface area (Å²) in [5.74, 6) is 0.720. The summed E-state index contributed by atoms with van der Waals surface area (Å²) in [6, 6.07) is 17.2. The van der Waals surface area contributed by atoms with Crippen LogP contribution >= 0.6 is 0 Å². The molecule has 2 N–H and O–H groups in total. The molecule has 0 spiro atoms. The molecule has 0 aliphatic carbocycles. The zero-order valence-electron chi connectivity index (χ0n) is 14.3. The van der Waals surface area contributed by atoms with Crippen molar-refractivity contribution in [2.24, 2.45) is 0 Å². The van der Waals surface area contributed by atoms with Crippen molar-refractivity contribution in [3.05, 3.63) is 54.6 Å². The van der Waals surface area contributed by atoms with Gasteiger partial charge in [-0.25, -0.2) is 0 Å². The minimum atomic E-state index is -0.0563. The molecule has 128 valence electrons. The number of amides is 1. The third kappa shape index (κ3) is 6.71. The van der Waals surface area contributed by atoms with E-state index in [1.54, 1.807) is 0 Å². The Labute approximate surface area is 143 Å². The molecular formula is C19H25N3O2. The Morgan fingerprint density at radius 1 is 1.00 bits per heavy atom. The standard InChI is InChI=1S/C19H25N3O2/c1-22(2)14-13-20-16-8-10-17(11-9-16)21-19(23)12-15-24-18-6-4-3-5-7-18/h3-11,20H,12-15H2,1-2H3,(H,21,23). The fourth-order valence-electron chi connectivity index (χ4n) is 2.10. The molecule has 2 aromatic rings. The second-order valence-electron chi connectivity index (χ2n) is 5.77. The van der Waals surface area contributed by atoms with Gasteiger partial charge in [-0.15, -0.1) is 0 Å². The highest BCUT2D eigenvalue weighted by Gasteiger charge is 2.03. The molecule has 1 amide bonds. The van der Waals surface area contributed by atoms with E-state index in [4.69, 9.17) is 4.74 Å². The van der Waals surface area contributed by atoms with E-state index in [0.29, 0.717) is 13.0 Å². The van der Waals surface area contributed by atoms with E-state index in [-0.39, 0.29) is 5.91 Å². The summed E-state index contributed by atoms with van der Waals surface area (Å²) in [6.07, 6.45) is 0.317. The third-order valence-corrected chi connectivity index (χ3v) is 3.40. The summed E-state index contributed by atoms with van der Waals surface area (Å²) < 4.78 is 5.52. The first-order chi connectivity index (χ1) is 11.6. The van der Waals surface area contributed by atoms with Gasteiger partial charge in [-0.05, 0) is 50.5 Å². The molecule has 5 heteroatoms. The highest BCUT2D eigenvalue weighted by molar-refractivity contribution is 5.90. The Balaban J connectivity index is 1.69. The van der Waals surface area contributed by atoms with Crippen LogP contribution < -0.4 is 15.4 Å². The molecule has 0 bridgehead atoms. The molecular weight excluding hydrogens is 302 g/mol. The zero-order chi connectivity index (χ0) is 17.2. The zero-order valence-corrected chi connectivity index (χ0v) is 14.3. The van der Waals surface area contributed by atoms with Crippen LogP contribution in [0.2, 0.25) is 0 Å². The molecule has 2 rings (SSSR count). The Bertz CT molecular complexity index is 612. The van der Waals surface area contributed by atoms with Crippen molar-refractivity contribution >= 4 is 17.3 Å². The molecule has 2 aromatic carbocycles. The van der Waals surface area contributed by atoms with Crippen LogP contribution in [0, 0.1) is 0 Å². The summed E-state index contributed by atoms with van der Waals surface area (Å²) in [7, 11) is 4.09. The van der Waals surface area contributed by atoms with E-state index >= 15 is 0 Å². The molecule has 0 fully saturated rings. The van der Waals surface area contributed by atoms with Gasteiger partial charge in [-0.2, -0.15) is 0 Å². The van der Waals surface area contributed by atoms with Crippen molar-refractivity contribution in [3.63, 3.8) is 0 Å². The Morgan fingerprint density at radius 2 is 1.67 bits per heavy atom. The summed E-state index contributed by atoms with van der Waals surface area (Å²) in [5.41, 5.74) is 1.83. The van der Waals surface area contributed by atoms with Gasteiger partial charge in [0, 0.05) is 24.5 Å². The lowest BCUT2D eigenvalue weighted by Crippen LogP contribution is -2.20. The SMILES string of the molecule is CN(C)CCNc1ccc(NC(=O)CCOc2ccccc2)cc1. The van der Waals surface area contributed by atoms with E-state index in [1.165, 1.54) is 0 Å². The number of carbonyl (C=O) groups excluding carboxylic acids is 1. The van der Waals surface area contributed by atoms with E-state index in [0.717, 1.165) is 30.2 Å². The predicted molar refractivity (Wildman–Crippen MR) is 98.7 cm³/mol. The summed E-state index contributed by atoms with van der Waals surface area (Å²) in [6.45, 7) is 2.22. The van der Waals surface area contributed by atoms with Gasteiger partial charge >= 0.3 is 0 Å². The average Bonchev–Trinajstić information content (AvgIpc) is 2.57. The Hall–Kier alpha value is -2.53. The molecule has 0 unspecified atom stereocenters. The van der Waals surface area contributed by atoms with Crippen LogP contribution in [0.15, 0.2) is 54.6 Å². The van der Waals surface area contributed by atoms with Gasteiger partial charge in [0.05, 0.1) is 13.0 Å². The summed E-state index contributed by atoms with van der Waals surface area (Å²) >= 11 is 0. The maximum absolute atomic E-state index is 11.9. The van der Waals surface area contributed by atoms with Gasteiger partial charge in [0.15, 0.2) is 0 Å². The van der Waals surface area contributed by atoms with Crippen molar-refractivity contribution in [1.82, 2.24) is 4.90 Å². The maximum Gasteiger partial charge on any atom is 0.227 e.